The Morgan fingerprint density at radius 3 is 2.58 bits per heavy atom. The molecule has 0 unspecified atom stereocenters. The molecule has 4 heteroatoms. The van der Waals surface area contributed by atoms with Gasteiger partial charge >= 0.3 is 0 Å². The van der Waals surface area contributed by atoms with Crippen molar-refractivity contribution in [3.63, 3.8) is 0 Å². The molecule has 1 aliphatic heterocycles. The molecule has 0 amide bonds. The second kappa shape index (κ2) is 6.27. The number of nitrogens with zero attached hydrogens (tertiary/aromatic N) is 1. The minimum atomic E-state index is -0.261. The molecule has 24 heavy (non-hydrogen) atoms. The van der Waals surface area contributed by atoms with E-state index in [-0.39, 0.29) is 17.6 Å². The zero-order valence-corrected chi connectivity index (χ0v) is 14.8. The summed E-state index contributed by atoms with van der Waals surface area (Å²) in [6.07, 6.45) is 2.11. The molecule has 0 radical (unpaired) electrons. The Balaban J connectivity index is 1.95. The lowest BCUT2D eigenvalue weighted by Crippen LogP contribution is -2.42. The number of H-pyrrole nitrogens is 1. The average Bonchev–Trinajstić information content (AvgIpc) is 2.87. The van der Waals surface area contributed by atoms with Crippen molar-refractivity contribution in [2.75, 3.05) is 11.4 Å². The number of carbonyl (C=O) groups is 2. The van der Waals surface area contributed by atoms with E-state index in [1.807, 2.05) is 32.9 Å². The lowest BCUT2D eigenvalue weighted by Gasteiger charge is -2.35. The minimum Gasteiger partial charge on any atom is -0.361 e. The monoisotopic (exact) mass is 324 g/mol. The Labute approximate surface area is 142 Å². The molecule has 1 aliphatic rings. The summed E-state index contributed by atoms with van der Waals surface area (Å²) in [5.41, 5.74) is 5.19. The van der Waals surface area contributed by atoms with Gasteiger partial charge in [-0.3, -0.25) is 9.59 Å². The lowest BCUT2D eigenvalue weighted by atomic mass is 9.97. The van der Waals surface area contributed by atoms with Crippen LogP contribution in [-0.2, 0) is 6.42 Å². The number of hydrogen-bond donors (Lipinski definition) is 1. The smallest absolute Gasteiger partial charge is 0.201 e. The van der Waals surface area contributed by atoms with E-state index < -0.39 is 0 Å². The number of aromatic amines is 1. The molecule has 0 saturated carbocycles. The molecular formula is C20H24N2O2. The van der Waals surface area contributed by atoms with Gasteiger partial charge in [0, 0.05) is 23.5 Å². The molecule has 2 heterocycles. The van der Waals surface area contributed by atoms with Crippen LogP contribution in [0.15, 0.2) is 24.3 Å². The van der Waals surface area contributed by atoms with Crippen LogP contribution in [0.25, 0.3) is 0 Å². The van der Waals surface area contributed by atoms with Gasteiger partial charge < -0.3 is 9.88 Å². The number of rotatable bonds is 4. The molecule has 3 rings (SSSR count). The Morgan fingerprint density at radius 1 is 1.21 bits per heavy atom. The Bertz CT molecular complexity index is 804. The largest absolute Gasteiger partial charge is 0.361 e. The highest BCUT2D eigenvalue weighted by atomic mass is 16.1. The van der Waals surface area contributed by atoms with Gasteiger partial charge in [-0.1, -0.05) is 18.2 Å². The van der Waals surface area contributed by atoms with Gasteiger partial charge in [0.05, 0.1) is 11.7 Å². The molecule has 1 aromatic heterocycles. The summed E-state index contributed by atoms with van der Waals surface area (Å²) in [5.74, 6) is 0.0380. The predicted octanol–water partition coefficient (Wildman–Crippen LogP) is 3.86. The van der Waals surface area contributed by atoms with Crippen molar-refractivity contribution in [2.45, 2.75) is 46.6 Å². The normalized spacial score (nSPS) is 15.1. The van der Waals surface area contributed by atoms with E-state index in [2.05, 4.69) is 22.0 Å². The van der Waals surface area contributed by atoms with Crippen LogP contribution in [0.5, 0.6) is 0 Å². The standard InChI is InChI=1S/C20H24N2O2/c1-12-18(15(4)23)13(2)21-19(12)20(24)14(3)22-11-7-9-16-8-5-6-10-17(16)22/h5-6,8,10,14,21H,7,9,11H2,1-4H3/t14-/m1/s1. The van der Waals surface area contributed by atoms with Gasteiger partial charge in [-0.05, 0) is 57.7 Å². The number of nitrogens with one attached hydrogen (secondary N) is 1. The molecular weight excluding hydrogens is 300 g/mol. The van der Waals surface area contributed by atoms with E-state index in [9.17, 15) is 9.59 Å². The van der Waals surface area contributed by atoms with Crippen molar-refractivity contribution in [3.8, 4) is 0 Å². The van der Waals surface area contributed by atoms with Crippen LogP contribution >= 0.6 is 0 Å². The number of anilines is 1. The van der Waals surface area contributed by atoms with Crippen LogP contribution in [0.2, 0.25) is 0 Å². The van der Waals surface area contributed by atoms with Gasteiger partial charge in [0.1, 0.15) is 0 Å². The van der Waals surface area contributed by atoms with Crippen molar-refractivity contribution in [3.05, 3.63) is 52.3 Å². The number of ketones is 2. The Morgan fingerprint density at radius 2 is 1.92 bits per heavy atom. The van der Waals surface area contributed by atoms with Crippen molar-refractivity contribution in [1.29, 1.82) is 0 Å². The summed E-state index contributed by atoms with van der Waals surface area (Å²) < 4.78 is 0. The van der Waals surface area contributed by atoms with Crippen LogP contribution in [0.4, 0.5) is 5.69 Å². The zero-order chi connectivity index (χ0) is 17.4. The second-order valence-corrected chi connectivity index (χ2v) is 6.65. The van der Waals surface area contributed by atoms with Crippen LogP contribution in [0.3, 0.4) is 0 Å². The van der Waals surface area contributed by atoms with E-state index in [1.54, 1.807) is 6.92 Å². The number of para-hydroxylation sites is 1. The van der Waals surface area contributed by atoms with Crippen molar-refractivity contribution < 1.29 is 9.59 Å². The van der Waals surface area contributed by atoms with E-state index in [0.29, 0.717) is 11.3 Å². The average molecular weight is 324 g/mol. The number of aryl methyl sites for hydroxylation is 2. The third-order valence-electron chi connectivity index (χ3n) is 5.03. The number of aromatic nitrogens is 1. The summed E-state index contributed by atoms with van der Waals surface area (Å²) in [6.45, 7) is 8.07. The summed E-state index contributed by atoms with van der Waals surface area (Å²) >= 11 is 0. The Hall–Kier alpha value is -2.36. The number of Topliss-reactive ketones (excluding diaryl/α,β-unsaturated/α-hetero) is 2. The number of hydrogen-bond acceptors (Lipinski definition) is 3. The SMILES string of the molecule is CC(=O)c1c(C)[nH]c(C(=O)[C@@H](C)N2CCCc3ccccc32)c1C. The molecule has 0 bridgehead atoms. The first-order valence-corrected chi connectivity index (χ1v) is 8.50. The van der Waals surface area contributed by atoms with Crippen LogP contribution < -0.4 is 4.90 Å². The first kappa shape index (κ1) is 16.5. The maximum absolute atomic E-state index is 13.1. The maximum atomic E-state index is 13.1. The molecule has 0 fully saturated rings. The molecule has 126 valence electrons. The van der Waals surface area contributed by atoms with Gasteiger partial charge in [0.25, 0.3) is 0 Å². The molecule has 0 aliphatic carbocycles. The third-order valence-corrected chi connectivity index (χ3v) is 5.03. The molecule has 1 N–H and O–H groups in total. The second-order valence-electron chi connectivity index (χ2n) is 6.65. The predicted molar refractivity (Wildman–Crippen MR) is 96.2 cm³/mol. The van der Waals surface area contributed by atoms with Gasteiger partial charge in [0.2, 0.25) is 5.78 Å². The molecule has 1 aromatic carbocycles. The van der Waals surface area contributed by atoms with E-state index in [0.717, 1.165) is 36.3 Å². The van der Waals surface area contributed by atoms with Gasteiger partial charge in [0.15, 0.2) is 5.78 Å². The lowest BCUT2D eigenvalue weighted by molar-refractivity contribution is 0.0958. The van der Waals surface area contributed by atoms with Crippen molar-refractivity contribution >= 4 is 17.3 Å². The van der Waals surface area contributed by atoms with Crippen LogP contribution in [0, 0.1) is 13.8 Å². The fourth-order valence-corrected chi connectivity index (χ4v) is 3.84. The minimum absolute atomic E-state index is 0.00345. The molecule has 2 aromatic rings. The first-order valence-electron chi connectivity index (χ1n) is 8.50. The third kappa shape index (κ3) is 2.66. The summed E-state index contributed by atoms with van der Waals surface area (Å²) in [7, 11) is 0. The van der Waals surface area contributed by atoms with Crippen LogP contribution in [-0.4, -0.2) is 29.1 Å². The zero-order valence-electron chi connectivity index (χ0n) is 14.8. The van der Waals surface area contributed by atoms with Gasteiger partial charge in [-0.15, -0.1) is 0 Å². The highest BCUT2D eigenvalue weighted by Gasteiger charge is 2.29. The molecule has 1 atom stereocenters. The number of benzene rings is 1. The van der Waals surface area contributed by atoms with E-state index in [4.69, 9.17) is 0 Å². The van der Waals surface area contributed by atoms with E-state index in [1.165, 1.54) is 5.56 Å². The number of carbonyl (C=O) groups excluding carboxylic acids is 2. The molecule has 0 saturated heterocycles. The highest BCUT2D eigenvalue weighted by molar-refractivity contribution is 6.06. The van der Waals surface area contributed by atoms with E-state index >= 15 is 0 Å². The van der Waals surface area contributed by atoms with Crippen LogP contribution in [0.1, 0.15) is 57.9 Å². The number of fused-ring (bicyclic) bond motifs is 1. The summed E-state index contributed by atoms with van der Waals surface area (Å²) in [4.78, 5) is 30.2. The Kier molecular flexibility index (Phi) is 4.31. The topological polar surface area (TPSA) is 53.2 Å². The highest BCUT2D eigenvalue weighted by Crippen LogP contribution is 2.30. The molecule has 4 nitrogen and oxygen atoms in total. The fraction of sp³-hybridized carbons (Fsp3) is 0.400. The van der Waals surface area contributed by atoms with Crippen molar-refractivity contribution in [2.24, 2.45) is 0 Å². The van der Waals surface area contributed by atoms with Crippen molar-refractivity contribution in [1.82, 2.24) is 4.98 Å². The van der Waals surface area contributed by atoms with Gasteiger partial charge in [-0.25, -0.2) is 0 Å². The maximum Gasteiger partial charge on any atom is 0.201 e. The quantitative estimate of drug-likeness (QED) is 0.869. The first-order chi connectivity index (χ1) is 11.4. The van der Waals surface area contributed by atoms with Gasteiger partial charge in [-0.2, -0.15) is 0 Å². The summed E-state index contributed by atoms with van der Waals surface area (Å²) in [5, 5.41) is 0. The summed E-state index contributed by atoms with van der Waals surface area (Å²) in [6, 6.07) is 8.03. The molecule has 0 spiro atoms. The fourth-order valence-electron chi connectivity index (χ4n) is 3.84.